The molecule has 0 aliphatic heterocycles. The molecule has 59 valence electrons. The number of hydrogen-bond donors (Lipinski definition) is 0. The predicted molar refractivity (Wildman–Crippen MR) is 45.9 cm³/mol. The lowest BCUT2D eigenvalue weighted by molar-refractivity contribution is 0.337. The van der Waals surface area contributed by atoms with Crippen molar-refractivity contribution in [2.45, 2.75) is 20.8 Å². The lowest BCUT2D eigenvalue weighted by Crippen LogP contribution is -1.94. The molecule has 0 heterocycles. The predicted octanol–water partition coefficient (Wildman–Crippen LogP) is 2.50. The summed E-state index contributed by atoms with van der Waals surface area (Å²) in [5, 5.41) is 0. The lowest BCUT2D eigenvalue weighted by atomic mass is 10.1. The van der Waals surface area contributed by atoms with Crippen LogP contribution in [0.5, 0.6) is 5.75 Å². The molecule has 11 heavy (non-hydrogen) atoms. The maximum absolute atomic E-state index is 5.36. The van der Waals surface area contributed by atoms with Gasteiger partial charge in [-0.25, -0.2) is 0 Å². The van der Waals surface area contributed by atoms with Crippen molar-refractivity contribution in [2.24, 2.45) is 0 Å². The van der Waals surface area contributed by atoms with Crippen LogP contribution in [0.15, 0.2) is 12.1 Å². The van der Waals surface area contributed by atoms with Gasteiger partial charge in [0.1, 0.15) is 5.75 Å². The van der Waals surface area contributed by atoms with Crippen molar-refractivity contribution in [3.8, 4) is 5.75 Å². The highest BCUT2D eigenvalue weighted by molar-refractivity contribution is 5.37. The fourth-order valence-electron chi connectivity index (χ4n) is 0.949. The second-order valence-electron chi connectivity index (χ2n) is 2.55. The molecule has 0 atom stereocenters. The standard InChI is InChI=1S/C10H13O/c1-4-11-10-7-5-6-8(2)9(10)3/h5-6H,4H2,1-3H3. The largest absolute Gasteiger partial charge is 0.493 e. The molecule has 0 amide bonds. The van der Waals surface area contributed by atoms with Crippen LogP contribution in [0.25, 0.3) is 0 Å². The van der Waals surface area contributed by atoms with Crippen LogP contribution in [0.4, 0.5) is 0 Å². The normalized spacial score (nSPS) is 9.73. The number of hydrogen-bond acceptors (Lipinski definition) is 1. The van der Waals surface area contributed by atoms with E-state index < -0.39 is 0 Å². The molecule has 1 aromatic carbocycles. The zero-order valence-corrected chi connectivity index (χ0v) is 7.27. The molecule has 0 fully saturated rings. The van der Waals surface area contributed by atoms with E-state index in [1.807, 2.05) is 19.1 Å². The van der Waals surface area contributed by atoms with E-state index in [9.17, 15) is 0 Å². The average molecular weight is 149 g/mol. The van der Waals surface area contributed by atoms with E-state index in [0.717, 1.165) is 5.75 Å². The second kappa shape index (κ2) is 3.42. The molecule has 0 unspecified atom stereocenters. The molecule has 0 aliphatic carbocycles. The van der Waals surface area contributed by atoms with Crippen molar-refractivity contribution < 1.29 is 4.74 Å². The first kappa shape index (κ1) is 8.12. The van der Waals surface area contributed by atoms with Crippen molar-refractivity contribution in [2.75, 3.05) is 6.61 Å². The first-order valence-corrected chi connectivity index (χ1v) is 3.86. The van der Waals surface area contributed by atoms with Crippen molar-refractivity contribution in [1.82, 2.24) is 0 Å². The molecule has 0 aliphatic rings. The van der Waals surface area contributed by atoms with E-state index in [0.29, 0.717) is 6.61 Å². The van der Waals surface area contributed by atoms with Gasteiger partial charge in [-0.3, -0.25) is 0 Å². The highest BCUT2D eigenvalue weighted by atomic mass is 16.5. The highest BCUT2D eigenvalue weighted by Crippen LogP contribution is 2.19. The van der Waals surface area contributed by atoms with E-state index >= 15 is 0 Å². The molecule has 1 aromatic rings. The minimum atomic E-state index is 0.709. The number of benzene rings is 1. The smallest absolute Gasteiger partial charge is 0.130 e. The maximum atomic E-state index is 5.36. The van der Waals surface area contributed by atoms with Gasteiger partial charge in [-0.05, 0) is 31.9 Å². The summed E-state index contributed by atoms with van der Waals surface area (Å²) in [4.78, 5) is 0. The number of ether oxygens (including phenoxy) is 1. The van der Waals surface area contributed by atoms with E-state index in [1.54, 1.807) is 0 Å². The van der Waals surface area contributed by atoms with Gasteiger partial charge in [-0.1, -0.05) is 12.1 Å². The molecule has 0 aromatic heterocycles. The van der Waals surface area contributed by atoms with E-state index in [-0.39, 0.29) is 0 Å². The van der Waals surface area contributed by atoms with E-state index in [1.165, 1.54) is 11.1 Å². The van der Waals surface area contributed by atoms with Gasteiger partial charge in [0.05, 0.1) is 6.61 Å². The molecule has 0 N–H and O–H groups in total. The molecule has 0 spiro atoms. The van der Waals surface area contributed by atoms with Gasteiger partial charge in [-0.2, -0.15) is 0 Å². The Morgan fingerprint density at radius 2 is 2.18 bits per heavy atom. The third kappa shape index (κ3) is 1.73. The van der Waals surface area contributed by atoms with Gasteiger partial charge in [0.15, 0.2) is 0 Å². The summed E-state index contributed by atoms with van der Waals surface area (Å²) in [6.07, 6.45) is 0. The topological polar surface area (TPSA) is 9.23 Å². The molecule has 1 radical (unpaired) electrons. The Morgan fingerprint density at radius 3 is 2.82 bits per heavy atom. The minimum absolute atomic E-state index is 0.709. The third-order valence-electron chi connectivity index (χ3n) is 1.77. The SMILES string of the molecule is CCOc1[c]ccc(C)c1C. The van der Waals surface area contributed by atoms with Crippen LogP contribution in [0.2, 0.25) is 0 Å². The second-order valence-corrected chi connectivity index (χ2v) is 2.55. The van der Waals surface area contributed by atoms with Crippen LogP contribution in [0, 0.1) is 19.9 Å². The first-order valence-electron chi connectivity index (χ1n) is 3.86. The van der Waals surface area contributed by atoms with Crippen LogP contribution in [-0.2, 0) is 0 Å². The van der Waals surface area contributed by atoms with Gasteiger partial charge in [-0.15, -0.1) is 0 Å². The first-order chi connectivity index (χ1) is 5.25. The molecule has 0 bridgehead atoms. The summed E-state index contributed by atoms with van der Waals surface area (Å²) in [5.74, 6) is 0.882. The van der Waals surface area contributed by atoms with E-state index in [4.69, 9.17) is 4.74 Å². The lowest BCUT2D eigenvalue weighted by Gasteiger charge is -2.07. The van der Waals surface area contributed by atoms with Crippen LogP contribution < -0.4 is 4.74 Å². The van der Waals surface area contributed by atoms with Crippen LogP contribution in [0.1, 0.15) is 18.1 Å². The molecule has 0 saturated carbocycles. The average Bonchev–Trinajstić information content (AvgIpc) is 1.99. The van der Waals surface area contributed by atoms with Crippen molar-refractivity contribution in [3.05, 3.63) is 29.3 Å². The van der Waals surface area contributed by atoms with Crippen molar-refractivity contribution >= 4 is 0 Å². The molecule has 1 nitrogen and oxygen atoms in total. The maximum Gasteiger partial charge on any atom is 0.130 e. The Balaban J connectivity index is 2.96. The van der Waals surface area contributed by atoms with Gasteiger partial charge in [0.25, 0.3) is 0 Å². The van der Waals surface area contributed by atoms with Gasteiger partial charge >= 0.3 is 0 Å². The summed E-state index contributed by atoms with van der Waals surface area (Å²) in [7, 11) is 0. The summed E-state index contributed by atoms with van der Waals surface area (Å²) < 4.78 is 5.36. The Labute approximate surface area is 68.0 Å². The zero-order chi connectivity index (χ0) is 8.27. The molecule has 0 saturated heterocycles. The Hall–Kier alpha value is -0.980. The van der Waals surface area contributed by atoms with Crippen molar-refractivity contribution in [3.63, 3.8) is 0 Å². The van der Waals surface area contributed by atoms with Gasteiger partial charge < -0.3 is 4.74 Å². The number of aryl methyl sites for hydroxylation is 1. The monoisotopic (exact) mass is 149 g/mol. The fourth-order valence-corrected chi connectivity index (χ4v) is 0.949. The van der Waals surface area contributed by atoms with Crippen molar-refractivity contribution in [1.29, 1.82) is 0 Å². The Morgan fingerprint density at radius 1 is 1.45 bits per heavy atom. The summed E-state index contributed by atoms with van der Waals surface area (Å²) in [6, 6.07) is 6.99. The summed E-state index contributed by atoms with van der Waals surface area (Å²) in [6.45, 7) is 6.82. The molecular weight excluding hydrogens is 136 g/mol. The van der Waals surface area contributed by atoms with Crippen LogP contribution in [-0.4, -0.2) is 6.61 Å². The highest BCUT2D eigenvalue weighted by Gasteiger charge is 1.99. The van der Waals surface area contributed by atoms with Gasteiger partial charge in [0.2, 0.25) is 0 Å². The quantitative estimate of drug-likeness (QED) is 0.627. The molecule has 1 heteroatoms. The molecule has 1 rings (SSSR count). The summed E-state index contributed by atoms with van der Waals surface area (Å²) in [5.41, 5.74) is 2.45. The fraction of sp³-hybridized carbons (Fsp3) is 0.400. The Bertz CT molecular complexity index is 241. The van der Waals surface area contributed by atoms with Crippen LogP contribution in [0.3, 0.4) is 0 Å². The van der Waals surface area contributed by atoms with Gasteiger partial charge in [0, 0.05) is 6.07 Å². The van der Waals surface area contributed by atoms with Crippen LogP contribution >= 0.6 is 0 Å². The third-order valence-corrected chi connectivity index (χ3v) is 1.77. The van der Waals surface area contributed by atoms with E-state index in [2.05, 4.69) is 19.9 Å². The summed E-state index contributed by atoms with van der Waals surface area (Å²) >= 11 is 0. The molecular formula is C10H13O. The number of rotatable bonds is 2. The minimum Gasteiger partial charge on any atom is -0.493 e. The zero-order valence-electron chi connectivity index (χ0n) is 7.27. The Kier molecular flexibility index (Phi) is 2.53.